The fourth-order valence-electron chi connectivity index (χ4n) is 3.51. The van der Waals surface area contributed by atoms with Gasteiger partial charge in [0.1, 0.15) is 5.82 Å². The van der Waals surface area contributed by atoms with Crippen LogP contribution in [0, 0.1) is 0 Å². The molecule has 2 atom stereocenters. The van der Waals surface area contributed by atoms with Crippen molar-refractivity contribution >= 4 is 63.5 Å². The van der Waals surface area contributed by atoms with Crippen LogP contribution in [-0.2, 0) is 12.5 Å². The molecule has 1 aromatic heterocycles. The topological polar surface area (TPSA) is 55.3 Å². The van der Waals surface area contributed by atoms with Crippen molar-refractivity contribution in [1.29, 1.82) is 0 Å². The van der Waals surface area contributed by atoms with Crippen molar-refractivity contribution < 1.29 is 9.22 Å². The van der Waals surface area contributed by atoms with Gasteiger partial charge in [-0.15, -0.1) is 0 Å². The Hall–Kier alpha value is -0.0231. The van der Waals surface area contributed by atoms with Gasteiger partial charge in [0, 0.05) is 18.3 Å². The molecule has 0 N–H and O–H groups in total. The highest BCUT2D eigenvalue weighted by Crippen LogP contribution is 2.51. The molecule has 1 aliphatic carbocycles. The Balaban J connectivity index is 1.85. The lowest BCUT2D eigenvalue weighted by atomic mass is 9.92. The van der Waals surface area contributed by atoms with E-state index in [1.54, 1.807) is 11.1 Å². The molecule has 3 rings (SSSR count). The fraction of sp³-hybridized carbons (Fsp3) is 0.722. The Kier molecular flexibility index (Phi) is 5.90. The molecule has 0 bridgehead atoms. The molecule has 150 valence electrons. The predicted octanol–water partition coefficient (Wildman–Crippen LogP) is 5.75. The minimum Gasteiger partial charge on any atom is -0.414 e. The van der Waals surface area contributed by atoms with E-state index in [9.17, 15) is 4.79 Å². The molecule has 0 radical (unpaired) electrons. The van der Waals surface area contributed by atoms with Gasteiger partial charge >= 0.3 is 0 Å². The molecule has 1 aromatic rings. The number of carbonyl (C=O) groups excluding carboxylic acids is 1. The summed E-state index contributed by atoms with van der Waals surface area (Å²) >= 11 is 13.0. The number of carbonyl (C=O) groups is 1. The summed E-state index contributed by atoms with van der Waals surface area (Å²) in [5.41, 5.74) is 0.698. The standard InChI is InChI=1S/C18H26Br2ClN3O2Si/c1-17(2,3)27(4,5)26-12-8-6-7-11(9-12)24-14-13(10-22-16(21)23-14)18(19,20)15(24)25/h10-12H,6-9H2,1-5H3/t11-,12-/m1/s1. The van der Waals surface area contributed by atoms with Crippen molar-refractivity contribution in [2.45, 2.75) is 80.0 Å². The second kappa shape index (κ2) is 7.34. The number of anilines is 1. The maximum absolute atomic E-state index is 13.1. The number of aromatic nitrogens is 2. The summed E-state index contributed by atoms with van der Waals surface area (Å²) in [7, 11) is -1.86. The van der Waals surface area contributed by atoms with E-state index in [1.807, 2.05) is 0 Å². The molecule has 0 saturated heterocycles. The van der Waals surface area contributed by atoms with E-state index >= 15 is 0 Å². The first-order valence-corrected chi connectivity index (χ1v) is 14.1. The van der Waals surface area contributed by atoms with Gasteiger partial charge in [0.05, 0.1) is 5.56 Å². The minimum atomic E-state index is -1.86. The van der Waals surface area contributed by atoms with Crippen LogP contribution in [0.25, 0.3) is 0 Å². The van der Waals surface area contributed by atoms with Crippen molar-refractivity contribution in [2.75, 3.05) is 4.90 Å². The van der Waals surface area contributed by atoms with E-state index in [4.69, 9.17) is 16.0 Å². The van der Waals surface area contributed by atoms with Crippen LogP contribution in [0.2, 0.25) is 23.4 Å². The van der Waals surface area contributed by atoms with E-state index in [-0.39, 0.29) is 28.4 Å². The van der Waals surface area contributed by atoms with Gasteiger partial charge in [0.2, 0.25) is 5.28 Å². The van der Waals surface area contributed by atoms with Crippen LogP contribution in [0.5, 0.6) is 0 Å². The maximum Gasteiger partial charge on any atom is 0.260 e. The fourth-order valence-corrected chi connectivity index (χ4v) is 5.99. The monoisotopic (exact) mass is 537 g/mol. The number of hydrogen-bond acceptors (Lipinski definition) is 4. The van der Waals surface area contributed by atoms with Crippen LogP contribution in [-0.4, -0.2) is 36.3 Å². The number of halogens is 3. The molecule has 0 unspecified atom stereocenters. The summed E-state index contributed by atoms with van der Waals surface area (Å²) in [6, 6.07) is 0.0442. The molecule has 1 aliphatic heterocycles. The van der Waals surface area contributed by atoms with Crippen molar-refractivity contribution in [3.8, 4) is 0 Å². The van der Waals surface area contributed by atoms with E-state index < -0.39 is 11.6 Å². The van der Waals surface area contributed by atoms with Gasteiger partial charge in [0.15, 0.2) is 11.6 Å². The van der Waals surface area contributed by atoms with Gasteiger partial charge in [-0.25, -0.2) is 4.98 Å². The highest BCUT2D eigenvalue weighted by molar-refractivity contribution is 9.25. The average Bonchev–Trinajstić information content (AvgIpc) is 2.72. The molecule has 1 saturated carbocycles. The van der Waals surface area contributed by atoms with Crippen LogP contribution in [0.15, 0.2) is 6.20 Å². The quantitative estimate of drug-likeness (QED) is 0.279. The maximum atomic E-state index is 13.1. The third kappa shape index (κ3) is 4.02. The summed E-state index contributed by atoms with van der Waals surface area (Å²) in [6.45, 7) is 11.3. The molecule has 5 nitrogen and oxygen atoms in total. The number of hydrogen-bond donors (Lipinski definition) is 0. The van der Waals surface area contributed by atoms with E-state index in [1.165, 1.54) is 0 Å². The van der Waals surface area contributed by atoms with Crippen LogP contribution < -0.4 is 4.90 Å². The SMILES string of the molecule is CC(C)(C)[Si](C)(C)O[C@@H]1CCC[C@@H](N2C(=O)C(Br)(Br)c3cnc(Cl)nc32)C1. The Labute approximate surface area is 184 Å². The largest absolute Gasteiger partial charge is 0.414 e. The zero-order valence-electron chi connectivity index (χ0n) is 16.4. The minimum absolute atomic E-state index is 0.0442. The number of alkyl halides is 2. The molecule has 0 aromatic carbocycles. The molecule has 1 amide bonds. The summed E-state index contributed by atoms with van der Waals surface area (Å²) in [5.74, 6) is 0.513. The Morgan fingerprint density at radius 1 is 1.33 bits per heavy atom. The lowest BCUT2D eigenvalue weighted by Crippen LogP contribution is -2.49. The van der Waals surface area contributed by atoms with Gasteiger partial charge < -0.3 is 4.43 Å². The lowest BCUT2D eigenvalue weighted by Gasteiger charge is -2.43. The van der Waals surface area contributed by atoms with Crippen LogP contribution in [0.1, 0.15) is 52.0 Å². The third-order valence-electron chi connectivity index (χ3n) is 6.02. The second-order valence-electron chi connectivity index (χ2n) is 8.95. The van der Waals surface area contributed by atoms with Gasteiger partial charge in [-0.05, 0) is 55.4 Å². The second-order valence-corrected chi connectivity index (χ2v) is 17.5. The molecular weight excluding hydrogens is 514 g/mol. The number of nitrogens with zero attached hydrogens (tertiary/aromatic N) is 3. The Bertz CT molecular complexity index is 755. The summed E-state index contributed by atoms with van der Waals surface area (Å²) in [5, 5.41) is 0.312. The first kappa shape index (κ1) is 21.7. The zero-order chi connectivity index (χ0) is 20.2. The van der Waals surface area contributed by atoms with Gasteiger partial charge in [0.25, 0.3) is 5.91 Å². The predicted molar refractivity (Wildman–Crippen MR) is 118 cm³/mol. The highest BCUT2D eigenvalue weighted by atomic mass is 79.9. The van der Waals surface area contributed by atoms with Gasteiger partial charge in [-0.3, -0.25) is 9.69 Å². The third-order valence-corrected chi connectivity index (χ3v) is 12.3. The Morgan fingerprint density at radius 3 is 2.63 bits per heavy atom. The van der Waals surface area contributed by atoms with Crippen molar-refractivity contribution in [2.24, 2.45) is 0 Å². The first-order valence-electron chi connectivity index (χ1n) is 9.27. The summed E-state index contributed by atoms with van der Waals surface area (Å²) < 4.78 is 5.66. The lowest BCUT2D eigenvalue weighted by molar-refractivity contribution is -0.118. The molecule has 27 heavy (non-hydrogen) atoms. The van der Waals surface area contributed by atoms with E-state index in [0.717, 1.165) is 25.7 Å². The molecule has 2 heterocycles. The van der Waals surface area contributed by atoms with Crippen molar-refractivity contribution in [3.05, 3.63) is 17.0 Å². The van der Waals surface area contributed by atoms with Gasteiger partial charge in [-0.1, -0.05) is 52.6 Å². The number of rotatable bonds is 3. The molecule has 1 fully saturated rings. The number of fused-ring (bicyclic) bond motifs is 1. The van der Waals surface area contributed by atoms with Gasteiger partial charge in [-0.2, -0.15) is 4.98 Å². The normalized spacial score (nSPS) is 25.6. The Morgan fingerprint density at radius 2 is 2.00 bits per heavy atom. The molecule has 0 spiro atoms. The van der Waals surface area contributed by atoms with Crippen LogP contribution in [0.3, 0.4) is 0 Å². The average molecular weight is 540 g/mol. The van der Waals surface area contributed by atoms with Crippen LogP contribution in [0.4, 0.5) is 5.82 Å². The number of amides is 1. The van der Waals surface area contributed by atoms with Crippen molar-refractivity contribution in [1.82, 2.24) is 9.97 Å². The summed E-state index contributed by atoms with van der Waals surface area (Å²) in [6.07, 6.45) is 5.59. The molecule has 9 heteroatoms. The van der Waals surface area contributed by atoms with Crippen molar-refractivity contribution in [3.63, 3.8) is 0 Å². The van der Waals surface area contributed by atoms with E-state index in [2.05, 4.69) is 75.7 Å². The highest BCUT2D eigenvalue weighted by Gasteiger charge is 2.52. The van der Waals surface area contributed by atoms with Crippen LogP contribution >= 0.6 is 43.5 Å². The summed E-state index contributed by atoms with van der Waals surface area (Å²) in [4.78, 5) is 23.3. The first-order chi connectivity index (χ1) is 12.3. The molecular formula is C18H26Br2ClN3O2Si. The van der Waals surface area contributed by atoms with E-state index in [0.29, 0.717) is 11.4 Å². The zero-order valence-corrected chi connectivity index (χ0v) is 21.3. The molecule has 2 aliphatic rings. The smallest absolute Gasteiger partial charge is 0.260 e.